The summed E-state index contributed by atoms with van der Waals surface area (Å²) in [5.74, 6) is 1.88. The van der Waals surface area contributed by atoms with Crippen LogP contribution in [0, 0.1) is 0 Å². The monoisotopic (exact) mass is 308 g/mol. The van der Waals surface area contributed by atoms with Gasteiger partial charge in [-0.3, -0.25) is 4.98 Å². The Morgan fingerprint density at radius 1 is 0.913 bits per heavy atom. The summed E-state index contributed by atoms with van der Waals surface area (Å²) in [6.07, 6.45) is 5.17. The molecule has 0 fully saturated rings. The molecule has 116 valence electrons. The van der Waals surface area contributed by atoms with Crippen molar-refractivity contribution in [3.8, 4) is 22.8 Å². The van der Waals surface area contributed by atoms with E-state index in [0.717, 1.165) is 22.7 Å². The van der Waals surface area contributed by atoms with Crippen LogP contribution in [0.25, 0.3) is 11.3 Å². The highest BCUT2D eigenvalue weighted by Gasteiger charge is 2.08. The molecular weight excluding hydrogens is 292 g/mol. The van der Waals surface area contributed by atoms with E-state index in [0.29, 0.717) is 11.7 Å². The molecule has 3 aromatic rings. The van der Waals surface area contributed by atoms with Crippen molar-refractivity contribution >= 4 is 11.6 Å². The maximum absolute atomic E-state index is 5.35. The van der Waals surface area contributed by atoms with Crippen LogP contribution in [0.2, 0.25) is 0 Å². The maximum Gasteiger partial charge on any atom is 0.227 e. The minimum absolute atomic E-state index is 0.478. The van der Waals surface area contributed by atoms with E-state index in [1.807, 2.05) is 36.4 Å². The van der Waals surface area contributed by atoms with Gasteiger partial charge in [0.05, 0.1) is 25.6 Å². The van der Waals surface area contributed by atoms with Crippen molar-refractivity contribution in [3.63, 3.8) is 0 Å². The van der Waals surface area contributed by atoms with Crippen LogP contribution in [0.4, 0.5) is 11.6 Å². The standard InChI is InChI=1S/C17H16N4O2/c1-22-13-3-4-16(23-2)15(11-13)21-17-19-10-7-14(20-17)12-5-8-18-9-6-12/h3-11H,1-2H3,(H,19,20,21). The summed E-state index contributed by atoms with van der Waals surface area (Å²) in [4.78, 5) is 12.8. The number of pyridine rings is 1. The average Bonchev–Trinajstić information content (AvgIpc) is 2.62. The molecule has 1 N–H and O–H groups in total. The molecule has 3 rings (SSSR count). The summed E-state index contributed by atoms with van der Waals surface area (Å²) in [6, 6.07) is 11.1. The third kappa shape index (κ3) is 3.37. The van der Waals surface area contributed by atoms with Gasteiger partial charge in [-0.1, -0.05) is 0 Å². The van der Waals surface area contributed by atoms with Crippen molar-refractivity contribution in [2.75, 3.05) is 19.5 Å². The number of nitrogens with one attached hydrogen (secondary N) is 1. The van der Waals surface area contributed by atoms with Gasteiger partial charge in [-0.05, 0) is 30.3 Å². The van der Waals surface area contributed by atoms with Gasteiger partial charge < -0.3 is 14.8 Å². The number of methoxy groups -OCH3 is 2. The van der Waals surface area contributed by atoms with Crippen LogP contribution in [-0.2, 0) is 0 Å². The zero-order valence-corrected chi connectivity index (χ0v) is 12.9. The van der Waals surface area contributed by atoms with Crippen LogP contribution in [0.1, 0.15) is 0 Å². The second-order valence-electron chi connectivity index (χ2n) is 4.69. The van der Waals surface area contributed by atoms with E-state index in [1.165, 1.54) is 0 Å². The molecule has 0 bridgehead atoms. The van der Waals surface area contributed by atoms with E-state index in [9.17, 15) is 0 Å². The maximum atomic E-state index is 5.35. The van der Waals surface area contributed by atoms with Gasteiger partial charge in [0.15, 0.2) is 0 Å². The Hall–Kier alpha value is -3.15. The van der Waals surface area contributed by atoms with Crippen molar-refractivity contribution in [1.29, 1.82) is 0 Å². The fraction of sp³-hybridized carbons (Fsp3) is 0.118. The van der Waals surface area contributed by atoms with Gasteiger partial charge in [0.2, 0.25) is 5.95 Å². The highest BCUT2D eigenvalue weighted by molar-refractivity contribution is 5.66. The number of hydrogen-bond acceptors (Lipinski definition) is 6. The van der Waals surface area contributed by atoms with E-state index in [-0.39, 0.29) is 0 Å². The molecule has 23 heavy (non-hydrogen) atoms. The summed E-state index contributed by atoms with van der Waals surface area (Å²) < 4.78 is 10.6. The number of rotatable bonds is 5. The largest absolute Gasteiger partial charge is 0.497 e. The molecule has 2 heterocycles. The normalized spacial score (nSPS) is 10.2. The molecule has 0 saturated carbocycles. The molecule has 6 heteroatoms. The highest BCUT2D eigenvalue weighted by atomic mass is 16.5. The fourth-order valence-electron chi connectivity index (χ4n) is 2.13. The molecule has 2 aromatic heterocycles. The summed E-state index contributed by atoms with van der Waals surface area (Å²) in [5.41, 5.74) is 2.52. The number of anilines is 2. The number of hydrogen-bond donors (Lipinski definition) is 1. The van der Waals surface area contributed by atoms with Gasteiger partial charge in [0.1, 0.15) is 11.5 Å². The van der Waals surface area contributed by atoms with E-state index in [1.54, 1.807) is 32.8 Å². The Morgan fingerprint density at radius 3 is 2.48 bits per heavy atom. The van der Waals surface area contributed by atoms with E-state index in [4.69, 9.17) is 9.47 Å². The number of aromatic nitrogens is 3. The van der Waals surface area contributed by atoms with E-state index >= 15 is 0 Å². The first-order chi connectivity index (χ1) is 11.3. The highest BCUT2D eigenvalue weighted by Crippen LogP contribution is 2.30. The number of benzene rings is 1. The zero-order chi connectivity index (χ0) is 16.1. The molecule has 0 amide bonds. The molecule has 0 radical (unpaired) electrons. The van der Waals surface area contributed by atoms with E-state index < -0.39 is 0 Å². The van der Waals surface area contributed by atoms with Crippen molar-refractivity contribution < 1.29 is 9.47 Å². The lowest BCUT2D eigenvalue weighted by atomic mass is 10.2. The molecule has 0 aliphatic heterocycles. The van der Waals surface area contributed by atoms with Crippen molar-refractivity contribution in [2.45, 2.75) is 0 Å². The SMILES string of the molecule is COc1ccc(OC)c(Nc2nccc(-c3ccncc3)n2)c1. The zero-order valence-electron chi connectivity index (χ0n) is 12.9. The first-order valence-corrected chi connectivity index (χ1v) is 7.02. The van der Waals surface area contributed by atoms with Crippen molar-refractivity contribution in [3.05, 3.63) is 55.0 Å². The Labute approximate surface area is 134 Å². The van der Waals surface area contributed by atoms with Crippen LogP contribution < -0.4 is 14.8 Å². The fourth-order valence-corrected chi connectivity index (χ4v) is 2.13. The molecule has 0 aliphatic rings. The van der Waals surface area contributed by atoms with Gasteiger partial charge in [-0.25, -0.2) is 9.97 Å². The second kappa shape index (κ2) is 6.74. The van der Waals surface area contributed by atoms with Gasteiger partial charge in [-0.15, -0.1) is 0 Å². The first-order valence-electron chi connectivity index (χ1n) is 7.02. The minimum Gasteiger partial charge on any atom is -0.497 e. The molecule has 6 nitrogen and oxygen atoms in total. The number of ether oxygens (including phenoxy) is 2. The van der Waals surface area contributed by atoms with Gasteiger partial charge in [-0.2, -0.15) is 0 Å². The molecule has 0 unspecified atom stereocenters. The smallest absolute Gasteiger partial charge is 0.227 e. The lowest BCUT2D eigenvalue weighted by molar-refractivity contribution is 0.405. The van der Waals surface area contributed by atoms with Gasteiger partial charge in [0, 0.05) is 30.2 Å². The predicted molar refractivity (Wildman–Crippen MR) is 88.1 cm³/mol. The van der Waals surface area contributed by atoms with Crippen LogP contribution >= 0.6 is 0 Å². The summed E-state index contributed by atoms with van der Waals surface area (Å²) in [6.45, 7) is 0. The van der Waals surface area contributed by atoms with Crippen molar-refractivity contribution in [1.82, 2.24) is 15.0 Å². The number of nitrogens with zero attached hydrogens (tertiary/aromatic N) is 3. The average molecular weight is 308 g/mol. The first kappa shape index (κ1) is 14.8. The molecule has 0 spiro atoms. The molecular formula is C17H16N4O2. The van der Waals surface area contributed by atoms with Crippen LogP contribution in [0.15, 0.2) is 55.0 Å². The third-order valence-electron chi connectivity index (χ3n) is 3.28. The van der Waals surface area contributed by atoms with Crippen LogP contribution in [0.3, 0.4) is 0 Å². The Morgan fingerprint density at radius 2 is 1.74 bits per heavy atom. The summed E-state index contributed by atoms with van der Waals surface area (Å²) in [5, 5.41) is 3.17. The summed E-state index contributed by atoms with van der Waals surface area (Å²) >= 11 is 0. The Bertz CT molecular complexity index is 794. The lowest BCUT2D eigenvalue weighted by Crippen LogP contribution is -2.00. The topological polar surface area (TPSA) is 69.2 Å². The molecule has 1 aromatic carbocycles. The molecule has 0 aliphatic carbocycles. The quantitative estimate of drug-likeness (QED) is 0.780. The van der Waals surface area contributed by atoms with Crippen molar-refractivity contribution in [2.24, 2.45) is 0 Å². The van der Waals surface area contributed by atoms with Gasteiger partial charge in [0.25, 0.3) is 0 Å². The van der Waals surface area contributed by atoms with Crippen LogP contribution in [-0.4, -0.2) is 29.2 Å². The minimum atomic E-state index is 0.478. The second-order valence-corrected chi connectivity index (χ2v) is 4.69. The lowest BCUT2D eigenvalue weighted by Gasteiger charge is -2.12. The third-order valence-corrected chi connectivity index (χ3v) is 3.28. The Kier molecular flexibility index (Phi) is 4.33. The van der Waals surface area contributed by atoms with E-state index in [2.05, 4.69) is 20.3 Å². The predicted octanol–water partition coefficient (Wildman–Crippen LogP) is 3.30. The Balaban J connectivity index is 1.92. The van der Waals surface area contributed by atoms with Crippen LogP contribution in [0.5, 0.6) is 11.5 Å². The molecule has 0 atom stereocenters. The summed E-state index contributed by atoms with van der Waals surface area (Å²) in [7, 11) is 3.23. The van der Waals surface area contributed by atoms with Gasteiger partial charge >= 0.3 is 0 Å². The molecule has 0 saturated heterocycles.